The summed E-state index contributed by atoms with van der Waals surface area (Å²) in [5.74, 6) is -0.578. The molecule has 0 unspecified atom stereocenters. The van der Waals surface area contributed by atoms with Gasteiger partial charge in [0.1, 0.15) is 11.6 Å². The van der Waals surface area contributed by atoms with Crippen molar-refractivity contribution in [2.45, 2.75) is 6.92 Å². The van der Waals surface area contributed by atoms with Crippen molar-refractivity contribution in [1.29, 1.82) is 5.26 Å². The third-order valence-electron chi connectivity index (χ3n) is 4.08. The lowest BCUT2D eigenvalue weighted by Gasteiger charge is -2.08. The fraction of sp³-hybridized carbons (Fsp3) is 0.0455. The lowest BCUT2D eigenvalue weighted by atomic mass is 10.1. The molecule has 0 heterocycles. The van der Waals surface area contributed by atoms with Gasteiger partial charge in [-0.05, 0) is 42.6 Å². The summed E-state index contributed by atoms with van der Waals surface area (Å²) in [6.45, 7) is 1.48. The van der Waals surface area contributed by atoms with Crippen LogP contribution in [0.15, 0.2) is 78.5 Å². The number of anilines is 2. The Bertz CT molecular complexity index is 1070. The van der Waals surface area contributed by atoms with Crippen molar-refractivity contribution in [1.82, 2.24) is 0 Å². The first-order valence-electron chi connectivity index (χ1n) is 8.35. The van der Waals surface area contributed by atoms with Gasteiger partial charge in [0.05, 0.1) is 0 Å². The highest BCUT2D eigenvalue weighted by Gasteiger charge is 2.10. The number of nitrogens with zero attached hydrogens (tertiary/aromatic N) is 1. The summed E-state index contributed by atoms with van der Waals surface area (Å²) in [6, 6.07) is 22.0. The van der Waals surface area contributed by atoms with E-state index in [1.165, 1.54) is 13.1 Å². The summed E-state index contributed by atoms with van der Waals surface area (Å²) in [7, 11) is 0. The monoisotopic (exact) mass is 355 g/mol. The summed E-state index contributed by atoms with van der Waals surface area (Å²) in [6.07, 6.45) is 1.39. The Kier molecular flexibility index (Phi) is 5.29. The van der Waals surface area contributed by atoms with E-state index in [-0.39, 0.29) is 11.4 Å². The van der Waals surface area contributed by atoms with E-state index in [9.17, 15) is 14.9 Å². The molecule has 0 saturated carbocycles. The maximum Gasteiger partial charge on any atom is 0.267 e. The van der Waals surface area contributed by atoms with Crippen molar-refractivity contribution in [3.05, 3.63) is 84.1 Å². The number of carbonyl (C=O) groups is 2. The Morgan fingerprint density at radius 3 is 2.37 bits per heavy atom. The molecule has 0 saturated heterocycles. The number of nitriles is 1. The Labute approximate surface area is 156 Å². The van der Waals surface area contributed by atoms with Crippen LogP contribution in [0.1, 0.15) is 17.3 Å². The van der Waals surface area contributed by atoms with Gasteiger partial charge in [0.2, 0.25) is 0 Å². The molecule has 0 aliphatic carbocycles. The normalized spacial score (nSPS) is 10.9. The zero-order chi connectivity index (χ0) is 19.2. The van der Waals surface area contributed by atoms with Crippen LogP contribution in [0.2, 0.25) is 0 Å². The summed E-state index contributed by atoms with van der Waals surface area (Å²) < 4.78 is 0. The van der Waals surface area contributed by atoms with E-state index < -0.39 is 5.91 Å². The average molecular weight is 355 g/mol. The van der Waals surface area contributed by atoms with Gasteiger partial charge >= 0.3 is 0 Å². The zero-order valence-electron chi connectivity index (χ0n) is 14.7. The van der Waals surface area contributed by atoms with E-state index in [0.717, 1.165) is 16.5 Å². The molecule has 0 spiro atoms. The number of Topliss-reactive ketones (excluding diaryl/α,β-unsaturated/α-hetero) is 1. The van der Waals surface area contributed by atoms with Crippen LogP contribution < -0.4 is 10.6 Å². The van der Waals surface area contributed by atoms with Crippen LogP contribution in [0.3, 0.4) is 0 Å². The van der Waals surface area contributed by atoms with Crippen LogP contribution in [0, 0.1) is 11.3 Å². The largest absolute Gasteiger partial charge is 0.360 e. The van der Waals surface area contributed by atoms with Crippen LogP contribution in [0.4, 0.5) is 11.4 Å². The highest BCUT2D eigenvalue weighted by atomic mass is 16.1. The first kappa shape index (κ1) is 17.9. The second-order valence-corrected chi connectivity index (χ2v) is 5.93. The first-order valence-corrected chi connectivity index (χ1v) is 8.35. The minimum absolute atomic E-state index is 0.0511. The Morgan fingerprint density at radius 1 is 0.963 bits per heavy atom. The van der Waals surface area contributed by atoms with E-state index in [1.807, 2.05) is 48.5 Å². The SMILES string of the molecule is CC(=O)c1ccc(NC(=O)/C(C#N)=C\Nc2cccc3ccccc23)cc1. The molecule has 5 nitrogen and oxygen atoms in total. The Hall–Kier alpha value is -3.91. The molecule has 0 aliphatic rings. The number of benzene rings is 3. The smallest absolute Gasteiger partial charge is 0.267 e. The van der Waals surface area contributed by atoms with Crippen molar-refractivity contribution in [2.24, 2.45) is 0 Å². The van der Waals surface area contributed by atoms with Gasteiger partial charge < -0.3 is 10.6 Å². The van der Waals surface area contributed by atoms with Crippen LogP contribution in [-0.4, -0.2) is 11.7 Å². The van der Waals surface area contributed by atoms with E-state index in [2.05, 4.69) is 10.6 Å². The number of amides is 1. The molecular weight excluding hydrogens is 338 g/mol. The number of ketones is 1. The van der Waals surface area contributed by atoms with Crippen LogP contribution in [0.25, 0.3) is 10.8 Å². The second-order valence-electron chi connectivity index (χ2n) is 5.93. The van der Waals surface area contributed by atoms with Gasteiger partial charge in [-0.3, -0.25) is 9.59 Å². The van der Waals surface area contributed by atoms with Gasteiger partial charge in [0, 0.05) is 28.5 Å². The van der Waals surface area contributed by atoms with Crippen molar-refractivity contribution < 1.29 is 9.59 Å². The lowest BCUT2D eigenvalue weighted by molar-refractivity contribution is -0.112. The van der Waals surface area contributed by atoms with E-state index >= 15 is 0 Å². The number of hydrogen-bond donors (Lipinski definition) is 2. The molecule has 0 aromatic heterocycles. The van der Waals surface area contributed by atoms with E-state index in [1.54, 1.807) is 24.3 Å². The van der Waals surface area contributed by atoms with Gasteiger partial charge in [0.15, 0.2) is 5.78 Å². The van der Waals surface area contributed by atoms with Gasteiger partial charge in [-0.15, -0.1) is 0 Å². The first-order chi connectivity index (χ1) is 13.1. The molecule has 27 heavy (non-hydrogen) atoms. The molecular formula is C22H17N3O2. The molecule has 0 atom stereocenters. The van der Waals surface area contributed by atoms with Crippen LogP contribution >= 0.6 is 0 Å². The number of carbonyl (C=O) groups excluding carboxylic acids is 2. The zero-order valence-corrected chi connectivity index (χ0v) is 14.7. The van der Waals surface area contributed by atoms with Gasteiger partial charge in [-0.1, -0.05) is 36.4 Å². The molecule has 3 aromatic rings. The van der Waals surface area contributed by atoms with Crippen LogP contribution in [-0.2, 0) is 4.79 Å². The third-order valence-corrected chi connectivity index (χ3v) is 4.08. The highest BCUT2D eigenvalue weighted by Crippen LogP contribution is 2.23. The molecule has 132 valence electrons. The van der Waals surface area contributed by atoms with Gasteiger partial charge in [-0.25, -0.2) is 0 Å². The average Bonchev–Trinajstić information content (AvgIpc) is 2.69. The molecule has 5 heteroatoms. The van der Waals surface area contributed by atoms with Crippen molar-refractivity contribution in [3.8, 4) is 6.07 Å². The van der Waals surface area contributed by atoms with Crippen LogP contribution in [0.5, 0.6) is 0 Å². The highest BCUT2D eigenvalue weighted by molar-refractivity contribution is 6.07. The van der Waals surface area contributed by atoms with Gasteiger partial charge in [-0.2, -0.15) is 5.26 Å². The molecule has 3 aromatic carbocycles. The standard InChI is InChI=1S/C22H17N3O2/c1-15(26)16-9-11-19(12-10-16)25-22(27)18(13-23)14-24-21-8-4-6-17-5-2-3-7-20(17)21/h2-12,14,24H,1H3,(H,25,27)/b18-14-. The van der Waals surface area contributed by atoms with E-state index in [4.69, 9.17) is 0 Å². The molecule has 0 bridgehead atoms. The molecule has 2 N–H and O–H groups in total. The maximum absolute atomic E-state index is 12.3. The molecule has 1 amide bonds. The minimum atomic E-state index is -0.527. The second kappa shape index (κ2) is 7.98. The summed E-state index contributed by atoms with van der Waals surface area (Å²) in [5, 5.41) is 17.1. The third kappa shape index (κ3) is 4.20. The number of fused-ring (bicyclic) bond motifs is 1. The number of rotatable bonds is 5. The minimum Gasteiger partial charge on any atom is -0.360 e. The lowest BCUT2D eigenvalue weighted by Crippen LogP contribution is -2.14. The summed E-state index contributed by atoms with van der Waals surface area (Å²) >= 11 is 0. The topological polar surface area (TPSA) is 82.0 Å². The van der Waals surface area contributed by atoms with Crippen molar-refractivity contribution in [2.75, 3.05) is 10.6 Å². The van der Waals surface area contributed by atoms with E-state index in [0.29, 0.717) is 11.3 Å². The summed E-state index contributed by atoms with van der Waals surface area (Å²) in [5.41, 5.74) is 1.82. The Balaban J connectivity index is 1.76. The fourth-order valence-electron chi connectivity index (χ4n) is 2.64. The predicted octanol–water partition coefficient (Wildman–Crippen LogP) is 4.50. The maximum atomic E-state index is 12.3. The van der Waals surface area contributed by atoms with Crippen molar-refractivity contribution in [3.63, 3.8) is 0 Å². The van der Waals surface area contributed by atoms with Crippen molar-refractivity contribution >= 4 is 33.8 Å². The molecule has 0 aliphatic heterocycles. The summed E-state index contributed by atoms with van der Waals surface area (Å²) in [4.78, 5) is 23.6. The number of hydrogen-bond acceptors (Lipinski definition) is 4. The fourth-order valence-corrected chi connectivity index (χ4v) is 2.64. The quantitative estimate of drug-likeness (QED) is 0.401. The molecule has 0 radical (unpaired) electrons. The Morgan fingerprint density at radius 2 is 1.67 bits per heavy atom. The van der Waals surface area contributed by atoms with Gasteiger partial charge in [0.25, 0.3) is 5.91 Å². The predicted molar refractivity (Wildman–Crippen MR) is 106 cm³/mol. The molecule has 0 fully saturated rings. The molecule has 3 rings (SSSR count). The number of nitrogens with one attached hydrogen (secondary N) is 2.